The molecule has 0 aliphatic heterocycles. The van der Waals surface area contributed by atoms with Gasteiger partial charge in [-0.15, -0.1) is 0 Å². The highest BCUT2D eigenvalue weighted by Gasteiger charge is 2.17. The lowest BCUT2D eigenvalue weighted by molar-refractivity contribution is -0.131. The molecule has 0 aromatic heterocycles. The van der Waals surface area contributed by atoms with Crippen molar-refractivity contribution >= 4 is 34.0 Å². The fourth-order valence-electron chi connectivity index (χ4n) is 3.85. The van der Waals surface area contributed by atoms with Gasteiger partial charge in [-0.05, 0) is 54.5 Å². The zero-order valence-electron chi connectivity index (χ0n) is 16.8. The van der Waals surface area contributed by atoms with Crippen LogP contribution in [0, 0.1) is 6.92 Å². The predicted octanol–water partition coefficient (Wildman–Crippen LogP) is 3.76. The summed E-state index contributed by atoms with van der Waals surface area (Å²) in [6.07, 6.45) is 2.15. The van der Waals surface area contributed by atoms with Gasteiger partial charge in [0.25, 0.3) is 0 Å². The summed E-state index contributed by atoms with van der Waals surface area (Å²) >= 11 is 0. The second kappa shape index (κ2) is 7.95. The van der Waals surface area contributed by atoms with Crippen molar-refractivity contribution < 1.29 is 9.59 Å². The summed E-state index contributed by atoms with van der Waals surface area (Å²) in [5.74, 6) is -0.345. The van der Waals surface area contributed by atoms with Crippen molar-refractivity contribution in [3.8, 4) is 0 Å². The van der Waals surface area contributed by atoms with Crippen LogP contribution in [0.5, 0.6) is 0 Å². The summed E-state index contributed by atoms with van der Waals surface area (Å²) in [4.78, 5) is 26.2. The zero-order valence-corrected chi connectivity index (χ0v) is 16.8. The molecule has 0 unspecified atom stereocenters. The summed E-state index contributed by atoms with van der Waals surface area (Å²) < 4.78 is 0. The van der Waals surface area contributed by atoms with Crippen molar-refractivity contribution in [1.82, 2.24) is 4.90 Å². The summed E-state index contributed by atoms with van der Waals surface area (Å²) in [6, 6.07) is 18.1. The molecule has 0 saturated heterocycles. The third kappa shape index (κ3) is 4.09. The minimum atomic E-state index is -0.213. The normalized spacial score (nSPS) is 12.1. The molecule has 0 radical (unpaired) electrons. The molecule has 0 saturated carbocycles. The zero-order chi connectivity index (χ0) is 20.4. The van der Waals surface area contributed by atoms with Gasteiger partial charge in [-0.25, -0.2) is 0 Å². The van der Waals surface area contributed by atoms with Gasteiger partial charge in [-0.1, -0.05) is 42.0 Å². The SMILES string of the molecule is Cc1ccc(NC(=O)CN(C)C(=O)CNc2ccc3c4c(cccc24)CC3)cc1. The van der Waals surface area contributed by atoms with Crippen molar-refractivity contribution in [2.45, 2.75) is 19.8 Å². The van der Waals surface area contributed by atoms with E-state index in [4.69, 9.17) is 0 Å². The highest BCUT2D eigenvalue weighted by molar-refractivity contribution is 6.00. The average molecular weight is 387 g/mol. The van der Waals surface area contributed by atoms with Crippen LogP contribution in [0.15, 0.2) is 54.6 Å². The van der Waals surface area contributed by atoms with E-state index in [9.17, 15) is 9.59 Å². The summed E-state index contributed by atoms with van der Waals surface area (Å²) in [5.41, 5.74) is 5.56. The number of aryl methyl sites for hydroxylation is 3. The third-order valence-electron chi connectivity index (χ3n) is 5.45. The van der Waals surface area contributed by atoms with Crippen LogP contribution in [-0.4, -0.2) is 36.9 Å². The van der Waals surface area contributed by atoms with Gasteiger partial charge in [0.1, 0.15) is 0 Å². The molecule has 5 nitrogen and oxygen atoms in total. The monoisotopic (exact) mass is 387 g/mol. The second-order valence-corrected chi connectivity index (χ2v) is 7.63. The maximum atomic E-state index is 12.5. The number of nitrogens with one attached hydrogen (secondary N) is 2. The van der Waals surface area contributed by atoms with Crippen molar-refractivity contribution in [2.75, 3.05) is 30.8 Å². The summed E-state index contributed by atoms with van der Waals surface area (Å²) in [5, 5.41) is 8.55. The third-order valence-corrected chi connectivity index (χ3v) is 5.45. The molecule has 1 aliphatic rings. The van der Waals surface area contributed by atoms with Crippen LogP contribution in [0.25, 0.3) is 10.8 Å². The quantitative estimate of drug-likeness (QED) is 0.677. The van der Waals surface area contributed by atoms with Gasteiger partial charge < -0.3 is 15.5 Å². The van der Waals surface area contributed by atoms with E-state index in [0.29, 0.717) is 0 Å². The maximum absolute atomic E-state index is 12.5. The molecule has 0 bridgehead atoms. The first-order chi connectivity index (χ1) is 14.0. The highest BCUT2D eigenvalue weighted by Crippen LogP contribution is 2.34. The average Bonchev–Trinajstić information content (AvgIpc) is 3.14. The first-order valence-electron chi connectivity index (χ1n) is 9.89. The largest absolute Gasteiger partial charge is 0.376 e. The van der Waals surface area contributed by atoms with Gasteiger partial charge in [-0.3, -0.25) is 9.59 Å². The number of nitrogens with zero attached hydrogens (tertiary/aromatic N) is 1. The molecule has 2 amide bonds. The van der Waals surface area contributed by atoms with Crippen molar-refractivity contribution in [2.24, 2.45) is 0 Å². The fourth-order valence-corrected chi connectivity index (χ4v) is 3.85. The number of anilines is 2. The van der Waals surface area contributed by atoms with E-state index >= 15 is 0 Å². The Hall–Kier alpha value is -3.34. The van der Waals surface area contributed by atoms with Crippen molar-refractivity contribution in [3.63, 3.8) is 0 Å². The molecule has 148 valence electrons. The number of carbonyl (C=O) groups excluding carboxylic acids is 2. The number of carbonyl (C=O) groups is 2. The van der Waals surface area contributed by atoms with E-state index < -0.39 is 0 Å². The maximum Gasteiger partial charge on any atom is 0.243 e. The van der Waals surface area contributed by atoms with Gasteiger partial charge in [0.05, 0.1) is 13.1 Å². The Bertz CT molecular complexity index is 1060. The standard InChI is InChI=1S/C24H25N3O2/c1-16-6-11-19(12-7-16)26-22(28)15-27(2)23(29)14-25-21-13-10-18-9-8-17-4-3-5-20(21)24(17)18/h3-7,10-13,25H,8-9,14-15H2,1-2H3,(H,26,28). The summed E-state index contributed by atoms with van der Waals surface area (Å²) in [7, 11) is 1.65. The minimum Gasteiger partial charge on any atom is -0.376 e. The lowest BCUT2D eigenvalue weighted by Crippen LogP contribution is -2.38. The van der Waals surface area contributed by atoms with Gasteiger partial charge in [-0.2, -0.15) is 0 Å². The number of likely N-dealkylation sites (N-methyl/N-ethyl adjacent to an activating group) is 1. The number of benzene rings is 3. The predicted molar refractivity (Wildman–Crippen MR) is 117 cm³/mol. The molecule has 3 aromatic carbocycles. The molecule has 3 aromatic rings. The van der Waals surface area contributed by atoms with E-state index in [1.807, 2.05) is 37.3 Å². The van der Waals surface area contributed by atoms with E-state index in [1.165, 1.54) is 21.4 Å². The number of rotatable bonds is 6. The molecule has 1 aliphatic carbocycles. The van der Waals surface area contributed by atoms with Gasteiger partial charge in [0, 0.05) is 23.8 Å². The molecule has 5 heteroatoms. The molecule has 4 rings (SSSR count). The highest BCUT2D eigenvalue weighted by atomic mass is 16.2. The fraction of sp³-hybridized carbons (Fsp3) is 0.250. The van der Waals surface area contributed by atoms with Crippen LogP contribution >= 0.6 is 0 Å². The Morgan fingerprint density at radius 2 is 1.69 bits per heavy atom. The van der Waals surface area contributed by atoms with Gasteiger partial charge in [0.2, 0.25) is 11.8 Å². The van der Waals surface area contributed by atoms with E-state index in [0.717, 1.165) is 35.2 Å². The number of hydrogen-bond donors (Lipinski definition) is 2. The van der Waals surface area contributed by atoms with Gasteiger partial charge >= 0.3 is 0 Å². The van der Waals surface area contributed by atoms with Crippen LogP contribution < -0.4 is 10.6 Å². The molecule has 29 heavy (non-hydrogen) atoms. The molecule has 0 spiro atoms. The Balaban J connectivity index is 1.35. The Morgan fingerprint density at radius 3 is 2.45 bits per heavy atom. The Labute approximate surface area is 170 Å². The molecule has 0 fully saturated rings. The van der Waals surface area contributed by atoms with Crippen LogP contribution in [0.4, 0.5) is 11.4 Å². The first kappa shape index (κ1) is 19.0. The summed E-state index contributed by atoms with van der Waals surface area (Å²) in [6.45, 7) is 2.15. The van der Waals surface area contributed by atoms with E-state index in [1.54, 1.807) is 7.05 Å². The van der Waals surface area contributed by atoms with Crippen LogP contribution in [0.2, 0.25) is 0 Å². The molecular weight excluding hydrogens is 362 g/mol. The second-order valence-electron chi connectivity index (χ2n) is 7.63. The first-order valence-corrected chi connectivity index (χ1v) is 9.89. The van der Waals surface area contributed by atoms with E-state index in [-0.39, 0.29) is 24.9 Å². The van der Waals surface area contributed by atoms with Crippen molar-refractivity contribution in [1.29, 1.82) is 0 Å². The Kier molecular flexibility index (Phi) is 5.21. The van der Waals surface area contributed by atoms with Crippen LogP contribution in [0.3, 0.4) is 0 Å². The molecule has 2 N–H and O–H groups in total. The molecule has 0 atom stereocenters. The number of hydrogen-bond acceptors (Lipinski definition) is 3. The topological polar surface area (TPSA) is 61.4 Å². The van der Waals surface area contributed by atoms with Crippen LogP contribution in [-0.2, 0) is 22.4 Å². The molecule has 0 heterocycles. The van der Waals surface area contributed by atoms with Crippen molar-refractivity contribution in [3.05, 3.63) is 71.3 Å². The lowest BCUT2D eigenvalue weighted by atomic mass is 10.0. The lowest BCUT2D eigenvalue weighted by Gasteiger charge is -2.18. The smallest absolute Gasteiger partial charge is 0.243 e. The van der Waals surface area contributed by atoms with Gasteiger partial charge in [0.15, 0.2) is 0 Å². The van der Waals surface area contributed by atoms with E-state index in [2.05, 4.69) is 34.9 Å². The number of amides is 2. The minimum absolute atomic E-state index is 0.0121. The molecular formula is C24H25N3O2. The van der Waals surface area contributed by atoms with Crippen LogP contribution in [0.1, 0.15) is 16.7 Å². The Morgan fingerprint density at radius 1 is 0.966 bits per heavy atom.